The van der Waals surface area contributed by atoms with Gasteiger partial charge in [0.25, 0.3) is 0 Å². The zero-order valence-corrected chi connectivity index (χ0v) is 12.7. The average molecular weight is 280 g/mol. The van der Waals surface area contributed by atoms with E-state index in [1.165, 1.54) is 4.31 Å². The van der Waals surface area contributed by atoms with Crippen LogP contribution in [-0.2, 0) is 10.0 Å². The third-order valence-electron chi connectivity index (χ3n) is 3.10. The second-order valence-electron chi connectivity index (χ2n) is 4.86. The highest BCUT2D eigenvalue weighted by Crippen LogP contribution is 2.21. The van der Waals surface area contributed by atoms with Gasteiger partial charge in [-0.1, -0.05) is 6.07 Å². The van der Waals surface area contributed by atoms with Crippen LogP contribution in [0.2, 0.25) is 0 Å². The number of benzene rings is 1. The number of aryl methyl sites for hydroxylation is 2. The second-order valence-corrected chi connectivity index (χ2v) is 6.75. The first kappa shape index (κ1) is 15.7. The van der Waals surface area contributed by atoms with Crippen LogP contribution in [0.4, 0.5) is 0 Å². The SMILES string of the molecule is Cc1ccc(S(=O)(=O)N(CCC#N)C(C)C)cc1C. The average Bonchev–Trinajstić information content (AvgIpc) is 2.32. The Labute approximate surface area is 115 Å². The quantitative estimate of drug-likeness (QED) is 0.833. The molecule has 0 spiro atoms. The van der Waals surface area contributed by atoms with Gasteiger partial charge >= 0.3 is 0 Å². The second kappa shape index (κ2) is 6.18. The van der Waals surface area contributed by atoms with Crippen LogP contribution in [0.25, 0.3) is 0 Å². The first-order chi connectivity index (χ1) is 8.80. The van der Waals surface area contributed by atoms with Gasteiger partial charge < -0.3 is 0 Å². The smallest absolute Gasteiger partial charge is 0.207 e. The van der Waals surface area contributed by atoms with Gasteiger partial charge in [-0.2, -0.15) is 9.57 Å². The van der Waals surface area contributed by atoms with Gasteiger partial charge in [-0.25, -0.2) is 8.42 Å². The minimum Gasteiger partial charge on any atom is -0.207 e. The molecule has 19 heavy (non-hydrogen) atoms. The van der Waals surface area contributed by atoms with E-state index in [1.54, 1.807) is 12.1 Å². The number of sulfonamides is 1. The molecular formula is C14H20N2O2S. The molecular weight excluding hydrogens is 260 g/mol. The van der Waals surface area contributed by atoms with Crippen molar-refractivity contribution in [2.75, 3.05) is 6.54 Å². The van der Waals surface area contributed by atoms with Crippen LogP contribution in [0.3, 0.4) is 0 Å². The Balaban J connectivity index is 3.19. The highest BCUT2D eigenvalue weighted by Gasteiger charge is 2.26. The molecule has 1 rings (SSSR count). The van der Waals surface area contributed by atoms with Crippen LogP contribution >= 0.6 is 0 Å². The van der Waals surface area contributed by atoms with Crippen molar-refractivity contribution in [3.63, 3.8) is 0 Å². The zero-order chi connectivity index (χ0) is 14.6. The molecule has 0 atom stereocenters. The van der Waals surface area contributed by atoms with E-state index < -0.39 is 10.0 Å². The zero-order valence-electron chi connectivity index (χ0n) is 11.8. The molecule has 0 saturated heterocycles. The van der Waals surface area contributed by atoms with Gasteiger partial charge in [-0.15, -0.1) is 0 Å². The van der Waals surface area contributed by atoms with Gasteiger partial charge in [-0.05, 0) is 51.0 Å². The molecule has 0 saturated carbocycles. The van der Waals surface area contributed by atoms with Crippen LogP contribution in [0.5, 0.6) is 0 Å². The van der Waals surface area contributed by atoms with Crippen LogP contribution in [-0.4, -0.2) is 25.3 Å². The predicted molar refractivity (Wildman–Crippen MR) is 75.2 cm³/mol. The Hall–Kier alpha value is -1.38. The lowest BCUT2D eigenvalue weighted by atomic mass is 10.1. The predicted octanol–water partition coefficient (Wildman–Crippen LogP) is 2.62. The van der Waals surface area contributed by atoms with E-state index in [0.29, 0.717) is 4.90 Å². The van der Waals surface area contributed by atoms with E-state index >= 15 is 0 Å². The van der Waals surface area contributed by atoms with Crippen molar-refractivity contribution in [1.29, 1.82) is 5.26 Å². The molecule has 0 radical (unpaired) electrons. The molecule has 0 fully saturated rings. The first-order valence-electron chi connectivity index (χ1n) is 6.26. The van der Waals surface area contributed by atoms with Crippen LogP contribution in [0, 0.1) is 25.2 Å². The Bertz CT molecular complexity index is 586. The molecule has 0 unspecified atom stereocenters. The Kier molecular flexibility index (Phi) is 5.10. The maximum atomic E-state index is 12.6. The van der Waals surface area contributed by atoms with Gasteiger partial charge in [0.2, 0.25) is 10.0 Å². The standard InChI is InChI=1S/C14H20N2O2S/c1-11(2)16(9-5-8-15)19(17,18)14-7-6-12(3)13(4)10-14/h6-7,10-11H,5,9H2,1-4H3. The molecule has 0 amide bonds. The summed E-state index contributed by atoms with van der Waals surface area (Å²) >= 11 is 0. The Morgan fingerprint density at radius 2 is 1.89 bits per heavy atom. The van der Waals surface area contributed by atoms with E-state index in [2.05, 4.69) is 0 Å². The molecule has 0 aliphatic heterocycles. The minimum absolute atomic E-state index is 0.167. The summed E-state index contributed by atoms with van der Waals surface area (Å²) in [6, 6.07) is 6.95. The van der Waals surface area contributed by atoms with Crippen molar-refractivity contribution in [2.24, 2.45) is 0 Å². The lowest BCUT2D eigenvalue weighted by Crippen LogP contribution is -2.37. The third kappa shape index (κ3) is 3.55. The van der Waals surface area contributed by atoms with Crippen molar-refractivity contribution in [2.45, 2.75) is 45.1 Å². The molecule has 1 aromatic rings. The summed E-state index contributed by atoms with van der Waals surface area (Å²) in [4.78, 5) is 0.294. The monoisotopic (exact) mass is 280 g/mol. The Morgan fingerprint density at radius 1 is 1.26 bits per heavy atom. The molecule has 0 bridgehead atoms. The summed E-state index contributed by atoms with van der Waals surface area (Å²) in [5.41, 5.74) is 2.01. The number of hydrogen-bond donors (Lipinski definition) is 0. The van der Waals surface area contributed by atoms with E-state index in [4.69, 9.17) is 5.26 Å². The number of nitriles is 1. The summed E-state index contributed by atoms with van der Waals surface area (Å²) in [7, 11) is -3.53. The lowest BCUT2D eigenvalue weighted by Gasteiger charge is -2.25. The molecule has 0 N–H and O–H groups in total. The number of nitrogens with zero attached hydrogens (tertiary/aromatic N) is 2. The fraction of sp³-hybridized carbons (Fsp3) is 0.500. The van der Waals surface area contributed by atoms with E-state index in [9.17, 15) is 8.42 Å². The molecule has 0 aliphatic rings. The highest BCUT2D eigenvalue weighted by molar-refractivity contribution is 7.89. The summed E-state index contributed by atoms with van der Waals surface area (Å²) in [6.07, 6.45) is 0.197. The summed E-state index contributed by atoms with van der Waals surface area (Å²) in [5, 5.41) is 8.64. The molecule has 0 heterocycles. The molecule has 104 valence electrons. The fourth-order valence-corrected chi connectivity index (χ4v) is 3.55. The Morgan fingerprint density at radius 3 is 2.37 bits per heavy atom. The van der Waals surface area contributed by atoms with Crippen molar-refractivity contribution >= 4 is 10.0 Å². The first-order valence-corrected chi connectivity index (χ1v) is 7.70. The van der Waals surface area contributed by atoms with Crippen molar-refractivity contribution in [3.8, 4) is 6.07 Å². The third-order valence-corrected chi connectivity index (χ3v) is 5.18. The van der Waals surface area contributed by atoms with Crippen LogP contribution in [0.1, 0.15) is 31.4 Å². The molecule has 0 aliphatic carbocycles. The highest BCUT2D eigenvalue weighted by atomic mass is 32.2. The van der Waals surface area contributed by atoms with Gasteiger partial charge in [0.15, 0.2) is 0 Å². The van der Waals surface area contributed by atoms with Crippen LogP contribution < -0.4 is 0 Å². The van der Waals surface area contributed by atoms with Gasteiger partial charge in [0.1, 0.15) is 0 Å². The van der Waals surface area contributed by atoms with Crippen molar-refractivity contribution in [1.82, 2.24) is 4.31 Å². The molecule has 1 aromatic carbocycles. The topological polar surface area (TPSA) is 61.2 Å². The van der Waals surface area contributed by atoms with Gasteiger partial charge in [-0.3, -0.25) is 0 Å². The number of rotatable bonds is 5. The van der Waals surface area contributed by atoms with E-state index in [1.807, 2.05) is 39.8 Å². The van der Waals surface area contributed by atoms with E-state index in [-0.39, 0.29) is 19.0 Å². The summed E-state index contributed by atoms with van der Waals surface area (Å²) < 4.78 is 26.5. The minimum atomic E-state index is -3.53. The van der Waals surface area contributed by atoms with Crippen LogP contribution in [0.15, 0.2) is 23.1 Å². The molecule has 0 aromatic heterocycles. The largest absolute Gasteiger partial charge is 0.243 e. The summed E-state index contributed by atoms with van der Waals surface area (Å²) in [5.74, 6) is 0. The van der Waals surface area contributed by atoms with Crippen molar-refractivity contribution in [3.05, 3.63) is 29.3 Å². The lowest BCUT2D eigenvalue weighted by molar-refractivity contribution is 0.360. The van der Waals surface area contributed by atoms with E-state index in [0.717, 1.165) is 11.1 Å². The molecule has 5 heteroatoms. The maximum absolute atomic E-state index is 12.6. The van der Waals surface area contributed by atoms with Gasteiger partial charge in [0.05, 0.1) is 11.0 Å². The summed E-state index contributed by atoms with van der Waals surface area (Å²) in [6.45, 7) is 7.69. The van der Waals surface area contributed by atoms with Gasteiger partial charge in [0, 0.05) is 19.0 Å². The fourth-order valence-electron chi connectivity index (χ4n) is 1.83. The van der Waals surface area contributed by atoms with Crippen molar-refractivity contribution < 1.29 is 8.42 Å². The molecule has 4 nitrogen and oxygen atoms in total. The maximum Gasteiger partial charge on any atom is 0.243 e. The number of hydrogen-bond acceptors (Lipinski definition) is 3. The normalized spacial score (nSPS) is 11.8.